The van der Waals surface area contributed by atoms with Gasteiger partial charge in [0.05, 0.1) is 0 Å². The molecule has 0 aliphatic rings. The Morgan fingerprint density at radius 3 is 2.46 bits per heavy atom. The van der Waals surface area contributed by atoms with E-state index in [1.54, 1.807) is 0 Å². The van der Waals surface area contributed by atoms with Crippen LogP contribution in [0, 0.1) is 6.92 Å². The Kier molecular flexibility index (Phi) is 2.81. The fourth-order valence-electron chi connectivity index (χ4n) is 1.41. The number of hydrogen-bond donors (Lipinski definition) is 1. The summed E-state index contributed by atoms with van der Waals surface area (Å²) < 4.78 is 0. The number of aromatic hydroxyl groups is 1. The third-order valence-electron chi connectivity index (χ3n) is 1.97. The summed E-state index contributed by atoms with van der Waals surface area (Å²) in [5, 5.41) is 9.54. The van der Waals surface area contributed by atoms with Crippen molar-refractivity contribution in [2.45, 2.75) is 20.8 Å². The van der Waals surface area contributed by atoms with Gasteiger partial charge in [-0.15, -0.1) is 0 Å². The number of aryl methyl sites for hydroxylation is 1. The Hall–Kier alpha value is -1.18. The van der Waals surface area contributed by atoms with Crippen molar-refractivity contribution in [1.82, 2.24) is 0 Å². The minimum Gasteiger partial charge on any atom is -0.508 e. The van der Waals surface area contributed by atoms with Gasteiger partial charge < -0.3 is 5.11 Å². The zero-order chi connectivity index (χ0) is 10.0. The predicted octanol–water partition coefficient (Wildman–Crippen LogP) is 1.38. The fourth-order valence-corrected chi connectivity index (χ4v) is 1.41. The van der Waals surface area contributed by atoms with E-state index in [-0.39, 0.29) is 0 Å². The van der Waals surface area contributed by atoms with Crippen LogP contribution in [-0.2, 0) is 0 Å². The maximum absolute atomic E-state index is 9.54. The molecule has 0 aliphatic carbocycles. The standard InChI is InChI=1S/C11H15BO/c1-7(2)4-9-5-8(3)11(13)10(12)6-9/h4-6,13H,12H2,1-3H3. The van der Waals surface area contributed by atoms with Crippen molar-refractivity contribution in [3.8, 4) is 5.75 Å². The molecule has 0 amide bonds. The lowest BCUT2D eigenvalue weighted by molar-refractivity contribution is 0.475. The van der Waals surface area contributed by atoms with E-state index in [9.17, 15) is 5.11 Å². The molecule has 0 fully saturated rings. The molecule has 0 spiro atoms. The average Bonchev–Trinajstić information content (AvgIpc) is 1.98. The number of hydrogen-bond acceptors (Lipinski definition) is 1. The van der Waals surface area contributed by atoms with Crippen molar-refractivity contribution in [3.05, 3.63) is 28.8 Å². The van der Waals surface area contributed by atoms with E-state index in [0.29, 0.717) is 5.75 Å². The van der Waals surface area contributed by atoms with Crippen molar-refractivity contribution in [2.24, 2.45) is 0 Å². The summed E-state index contributed by atoms with van der Waals surface area (Å²) in [4.78, 5) is 0. The van der Waals surface area contributed by atoms with Crippen LogP contribution in [0.2, 0.25) is 0 Å². The quantitative estimate of drug-likeness (QED) is 0.637. The molecule has 0 aromatic heterocycles. The van der Waals surface area contributed by atoms with E-state index in [0.717, 1.165) is 16.6 Å². The van der Waals surface area contributed by atoms with Gasteiger partial charge >= 0.3 is 0 Å². The van der Waals surface area contributed by atoms with Crippen molar-refractivity contribution in [3.63, 3.8) is 0 Å². The molecule has 1 N–H and O–H groups in total. The van der Waals surface area contributed by atoms with Gasteiger partial charge in [0, 0.05) is 0 Å². The maximum atomic E-state index is 9.54. The highest BCUT2D eigenvalue weighted by molar-refractivity contribution is 6.34. The van der Waals surface area contributed by atoms with Crippen LogP contribution in [0.15, 0.2) is 17.7 Å². The van der Waals surface area contributed by atoms with E-state index >= 15 is 0 Å². The van der Waals surface area contributed by atoms with E-state index in [2.05, 4.69) is 19.9 Å². The van der Waals surface area contributed by atoms with Gasteiger partial charge in [0.25, 0.3) is 0 Å². The molecule has 0 heterocycles. The molecule has 0 saturated heterocycles. The molecule has 13 heavy (non-hydrogen) atoms. The minimum absolute atomic E-state index is 0.408. The first kappa shape index (κ1) is 9.91. The summed E-state index contributed by atoms with van der Waals surface area (Å²) in [6, 6.07) is 3.99. The lowest BCUT2D eigenvalue weighted by Gasteiger charge is -2.05. The van der Waals surface area contributed by atoms with Crippen LogP contribution < -0.4 is 5.46 Å². The molecule has 2 heteroatoms. The lowest BCUT2D eigenvalue weighted by Crippen LogP contribution is -2.04. The first-order valence-electron chi connectivity index (χ1n) is 4.46. The number of phenols is 1. The van der Waals surface area contributed by atoms with Gasteiger partial charge in [-0.25, -0.2) is 0 Å². The zero-order valence-corrected chi connectivity index (χ0v) is 8.68. The third-order valence-corrected chi connectivity index (χ3v) is 1.97. The molecule has 0 aliphatic heterocycles. The Morgan fingerprint density at radius 2 is 2.00 bits per heavy atom. The Balaban J connectivity index is 3.21. The van der Waals surface area contributed by atoms with E-state index in [4.69, 9.17) is 0 Å². The highest BCUT2D eigenvalue weighted by Crippen LogP contribution is 2.15. The van der Waals surface area contributed by atoms with E-state index < -0.39 is 0 Å². The highest BCUT2D eigenvalue weighted by Gasteiger charge is 2.00. The first-order valence-corrected chi connectivity index (χ1v) is 4.46. The number of benzene rings is 1. The van der Waals surface area contributed by atoms with Gasteiger partial charge in [0.15, 0.2) is 0 Å². The second kappa shape index (κ2) is 3.69. The summed E-state index contributed by atoms with van der Waals surface area (Å²) >= 11 is 0. The van der Waals surface area contributed by atoms with Crippen molar-refractivity contribution >= 4 is 19.4 Å². The van der Waals surface area contributed by atoms with Gasteiger partial charge in [-0.1, -0.05) is 17.7 Å². The largest absolute Gasteiger partial charge is 0.508 e. The molecule has 0 bridgehead atoms. The molecule has 0 radical (unpaired) electrons. The third kappa shape index (κ3) is 2.38. The van der Waals surface area contributed by atoms with Crippen LogP contribution in [0.25, 0.3) is 6.08 Å². The number of phenolic OH excluding ortho intramolecular Hbond substituents is 1. The number of rotatable bonds is 1. The molecule has 68 valence electrons. The summed E-state index contributed by atoms with van der Waals surface area (Å²) in [5.41, 5.74) is 4.30. The van der Waals surface area contributed by atoms with Crippen molar-refractivity contribution < 1.29 is 5.11 Å². The van der Waals surface area contributed by atoms with Crippen LogP contribution in [-0.4, -0.2) is 13.0 Å². The monoisotopic (exact) mass is 174 g/mol. The average molecular weight is 174 g/mol. The molecular formula is C11H15BO. The smallest absolute Gasteiger partial charge is 0.144 e. The summed E-state index contributed by atoms with van der Waals surface area (Å²) in [5.74, 6) is 0.408. The van der Waals surface area contributed by atoms with E-state index in [1.807, 2.05) is 26.9 Å². The highest BCUT2D eigenvalue weighted by atomic mass is 16.3. The lowest BCUT2D eigenvalue weighted by atomic mass is 9.90. The van der Waals surface area contributed by atoms with Crippen LogP contribution >= 0.6 is 0 Å². The second-order valence-electron chi connectivity index (χ2n) is 3.72. The zero-order valence-electron chi connectivity index (χ0n) is 8.68. The van der Waals surface area contributed by atoms with Crippen molar-refractivity contribution in [1.29, 1.82) is 0 Å². The molecule has 1 aromatic rings. The summed E-state index contributed by atoms with van der Waals surface area (Å²) in [6.45, 7) is 6.06. The predicted molar refractivity (Wildman–Crippen MR) is 60.3 cm³/mol. The van der Waals surface area contributed by atoms with Gasteiger partial charge in [-0.3, -0.25) is 0 Å². The van der Waals surface area contributed by atoms with Crippen LogP contribution in [0.4, 0.5) is 0 Å². The Morgan fingerprint density at radius 1 is 1.38 bits per heavy atom. The molecular weight excluding hydrogens is 159 g/mol. The summed E-state index contributed by atoms with van der Waals surface area (Å²) in [7, 11) is 1.92. The Bertz CT molecular complexity index is 326. The van der Waals surface area contributed by atoms with Crippen molar-refractivity contribution in [2.75, 3.05) is 0 Å². The second-order valence-corrected chi connectivity index (χ2v) is 3.72. The maximum Gasteiger partial charge on any atom is 0.144 e. The van der Waals surface area contributed by atoms with Gasteiger partial charge in [0.2, 0.25) is 0 Å². The molecule has 1 nitrogen and oxygen atoms in total. The molecule has 1 rings (SSSR count). The van der Waals surface area contributed by atoms with Gasteiger partial charge in [0.1, 0.15) is 13.6 Å². The van der Waals surface area contributed by atoms with Gasteiger partial charge in [-0.05, 0) is 43.4 Å². The number of allylic oxidation sites excluding steroid dienone is 1. The van der Waals surface area contributed by atoms with Crippen LogP contribution in [0.1, 0.15) is 25.0 Å². The van der Waals surface area contributed by atoms with Crippen LogP contribution in [0.3, 0.4) is 0 Å². The van der Waals surface area contributed by atoms with Gasteiger partial charge in [-0.2, -0.15) is 0 Å². The molecule has 1 aromatic carbocycles. The summed E-state index contributed by atoms with van der Waals surface area (Å²) in [6.07, 6.45) is 2.11. The fraction of sp³-hybridized carbons (Fsp3) is 0.273. The minimum atomic E-state index is 0.408. The molecule has 0 atom stereocenters. The first-order chi connectivity index (χ1) is 6.00. The topological polar surface area (TPSA) is 20.2 Å². The normalized spacial score (nSPS) is 9.77. The Labute approximate surface area is 80.5 Å². The van der Waals surface area contributed by atoms with Crippen LogP contribution in [0.5, 0.6) is 5.75 Å². The molecule has 0 saturated carbocycles. The SMILES string of the molecule is Bc1cc(C=C(C)C)cc(C)c1O. The molecule has 0 unspecified atom stereocenters. The van der Waals surface area contributed by atoms with E-state index in [1.165, 1.54) is 5.57 Å².